The Hall–Kier alpha value is -2.13. The van der Waals surface area contributed by atoms with Crippen molar-refractivity contribution in [3.05, 3.63) is 35.4 Å². The van der Waals surface area contributed by atoms with Crippen LogP contribution in [0.3, 0.4) is 0 Å². The van der Waals surface area contributed by atoms with E-state index in [0.29, 0.717) is 30.8 Å². The molecule has 1 N–H and O–H groups in total. The Labute approximate surface area is 168 Å². The molecule has 28 heavy (non-hydrogen) atoms. The summed E-state index contributed by atoms with van der Waals surface area (Å²) < 4.78 is 27.8. The average Bonchev–Trinajstić information content (AvgIpc) is 3.31. The highest BCUT2D eigenvalue weighted by Gasteiger charge is 2.37. The summed E-state index contributed by atoms with van der Waals surface area (Å²) in [4.78, 5) is 18.6. The summed E-state index contributed by atoms with van der Waals surface area (Å²) in [6, 6.07) is 2.77. The number of fused-ring (bicyclic) bond motifs is 1. The van der Waals surface area contributed by atoms with Gasteiger partial charge in [-0.2, -0.15) is 5.10 Å². The summed E-state index contributed by atoms with van der Waals surface area (Å²) in [5.41, 5.74) is 1.11. The number of nitrogens with one attached hydrogen (secondary N) is 1. The molecule has 1 fully saturated rings. The zero-order valence-electron chi connectivity index (χ0n) is 15.5. The summed E-state index contributed by atoms with van der Waals surface area (Å²) in [5.74, 6) is 0. The molecular weight excluding hydrogens is 402 g/mol. The largest absolute Gasteiger partial charge is 0.322 e. The first-order valence-electron chi connectivity index (χ1n) is 9.34. The molecule has 1 aliphatic carbocycles. The number of hydrogen-bond acceptors (Lipinski definition) is 5. The molecular formula is C18H22ClN5O3S. The van der Waals surface area contributed by atoms with Crippen LogP contribution in [0, 0.1) is 0 Å². The topological polar surface area (TPSA) is 97.2 Å². The second-order valence-electron chi connectivity index (χ2n) is 7.36. The van der Waals surface area contributed by atoms with Crippen molar-refractivity contribution in [3.63, 3.8) is 0 Å². The monoisotopic (exact) mass is 423 g/mol. The van der Waals surface area contributed by atoms with Crippen LogP contribution in [-0.4, -0.2) is 45.4 Å². The molecule has 0 saturated heterocycles. The summed E-state index contributed by atoms with van der Waals surface area (Å²) in [6.07, 6.45) is 6.21. The van der Waals surface area contributed by atoms with Crippen LogP contribution in [0.25, 0.3) is 0 Å². The minimum absolute atomic E-state index is 0.133. The van der Waals surface area contributed by atoms with Gasteiger partial charge in [0.05, 0.1) is 36.3 Å². The fourth-order valence-electron chi connectivity index (χ4n) is 3.94. The van der Waals surface area contributed by atoms with Crippen molar-refractivity contribution in [2.75, 3.05) is 5.32 Å². The lowest BCUT2D eigenvalue weighted by Crippen LogP contribution is -2.47. The second-order valence-corrected chi connectivity index (χ2v) is 9.95. The standard InChI is InChI=1S/C18H22ClN5O3S/c1-12-10-24-15(16(9-21-24)28(26,27)14-4-2-3-5-14)11-23(12)18(25)22-13-6-7-20-17(19)8-13/h6-9,12,14H,2-5,10-11H2,1H3,(H,20,22,25)/t12-/m0/s1. The molecule has 2 aliphatic rings. The van der Waals surface area contributed by atoms with Gasteiger partial charge in [0.15, 0.2) is 9.84 Å². The highest BCUT2D eigenvalue weighted by Crippen LogP contribution is 2.33. The smallest absolute Gasteiger partial charge is 0.314 e. The van der Waals surface area contributed by atoms with Gasteiger partial charge in [0.25, 0.3) is 0 Å². The molecule has 1 saturated carbocycles. The third kappa shape index (κ3) is 3.48. The number of hydrogen-bond donors (Lipinski definition) is 1. The van der Waals surface area contributed by atoms with E-state index in [2.05, 4.69) is 15.4 Å². The molecule has 4 rings (SSSR count). The Kier molecular flexibility index (Phi) is 5.05. The van der Waals surface area contributed by atoms with Gasteiger partial charge in [0.2, 0.25) is 0 Å². The maximum absolute atomic E-state index is 13.1. The quantitative estimate of drug-likeness (QED) is 0.765. The van der Waals surface area contributed by atoms with Crippen molar-refractivity contribution in [3.8, 4) is 0 Å². The maximum Gasteiger partial charge on any atom is 0.322 e. The Bertz CT molecular complexity index is 1000. The second kappa shape index (κ2) is 7.36. The molecule has 0 spiro atoms. The van der Waals surface area contributed by atoms with Gasteiger partial charge >= 0.3 is 6.03 Å². The van der Waals surface area contributed by atoms with Crippen LogP contribution in [0.2, 0.25) is 5.15 Å². The number of halogens is 1. The van der Waals surface area contributed by atoms with Gasteiger partial charge in [0, 0.05) is 11.9 Å². The molecule has 2 aromatic heterocycles. The highest BCUT2D eigenvalue weighted by molar-refractivity contribution is 7.92. The molecule has 2 aromatic rings. The van der Waals surface area contributed by atoms with Crippen molar-refractivity contribution in [1.82, 2.24) is 19.7 Å². The van der Waals surface area contributed by atoms with E-state index in [1.54, 1.807) is 21.7 Å². The van der Waals surface area contributed by atoms with Crippen molar-refractivity contribution in [2.24, 2.45) is 0 Å². The lowest BCUT2D eigenvalue weighted by molar-refractivity contribution is 0.160. The third-order valence-electron chi connectivity index (χ3n) is 5.49. The van der Waals surface area contributed by atoms with Gasteiger partial charge < -0.3 is 10.2 Å². The van der Waals surface area contributed by atoms with E-state index in [4.69, 9.17) is 11.6 Å². The Balaban J connectivity index is 1.58. The molecule has 3 heterocycles. The third-order valence-corrected chi connectivity index (χ3v) is 8.00. The number of carbonyl (C=O) groups excluding carboxylic acids is 1. The molecule has 1 aliphatic heterocycles. The van der Waals surface area contributed by atoms with Gasteiger partial charge in [0.1, 0.15) is 10.0 Å². The molecule has 0 unspecified atom stereocenters. The van der Waals surface area contributed by atoms with E-state index in [9.17, 15) is 13.2 Å². The Morgan fingerprint density at radius 1 is 1.32 bits per heavy atom. The van der Waals surface area contributed by atoms with Crippen molar-refractivity contribution < 1.29 is 13.2 Å². The number of sulfone groups is 1. The fraction of sp³-hybridized carbons (Fsp3) is 0.500. The van der Waals surface area contributed by atoms with Gasteiger partial charge in [-0.05, 0) is 31.9 Å². The van der Waals surface area contributed by atoms with Crippen LogP contribution in [0.4, 0.5) is 10.5 Å². The number of rotatable bonds is 3. The first-order chi connectivity index (χ1) is 13.4. The Morgan fingerprint density at radius 2 is 2.07 bits per heavy atom. The van der Waals surface area contributed by atoms with E-state index < -0.39 is 9.84 Å². The number of aromatic nitrogens is 3. The average molecular weight is 424 g/mol. The molecule has 2 amide bonds. The maximum atomic E-state index is 13.1. The summed E-state index contributed by atoms with van der Waals surface area (Å²) in [5, 5.41) is 7.03. The molecule has 150 valence electrons. The number of carbonyl (C=O) groups is 1. The highest BCUT2D eigenvalue weighted by atomic mass is 35.5. The predicted molar refractivity (Wildman–Crippen MR) is 105 cm³/mol. The lowest BCUT2D eigenvalue weighted by atomic mass is 10.2. The van der Waals surface area contributed by atoms with Crippen LogP contribution in [0.1, 0.15) is 38.3 Å². The molecule has 0 radical (unpaired) electrons. The van der Waals surface area contributed by atoms with Crippen LogP contribution >= 0.6 is 11.6 Å². The molecule has 1 atom stereocenters. The minimum Gasteiger partial charge on any atom is -0.314 e. The number of urea groups is 1. The van der Waals surface area contributed by atoms with Gasteiger partial charge in [-0.15, -0.1) is 0 Å². The first kappa shape index (κ1) is 19.2. The number of nitrogens with zero attached hydrogens (tertiary/aromatic N) is 4. The zero-order chi connectivity index (χ0) is 19.9. The number of anilines is 1. The predicted octanol–water partition coefficient (Wildman–Crippen LogP) is 3.08. The summed E-state index contributed by atoms with van der Waals surface area (Å²) >= 11 is 5.87. The summed E-state index contributed by atoms with van der Waals surface area (Å²) in [7, 11) is -3.44. The Morgan fingerprint density at radius 3 is 2.79 bits per heavy atom. The molecule has 0 aromatic carbocycles. The molecule has 0 bridgehead atoms. The first-order valence-corrected chi connectivity index (χ1v) is 11.3. The summed E-state index contributed by atoms with van der Waals surface area (Å²) in [6.45, 7) is 2.54. The van der Waals surface area contributed by atoms with Crippen molar-refractivity contribution in [1.29, 1.82) is 0 Å². The molecule has 10 heteroatoms. The number of amides is 2. The van der Waals surface area contributed by atoms with E-state index in [0.717, 1.165) is 12.8 Å². The van der Waals surface area contributed by atoms with Crippen LogP contribution < -0.4 is 5.32 Å². The number of pyridine rings is 1. The van der Waals surface area contributed by atoms with Gasteiger partial charge in [-0.25, -0.2) is 18.2 Å². The van der Waals surface area contributed by atoms with Crippen molar-refractivity contribution >= 4 is 33.2 Å². The van der Waals surface area contributed by atoms with Crippen LogP contribution in [-0.2, 0) is 22.9 Å². The lowest BCUT2D eigenvalue weighted by Gasteiger charge is -2.34. The van der Waals surface area contributed by atoms with E-state index >= 15 is 0 Å². The fourth-order valence-corrected chi connectivity index (χ4v) is 6.12. The van der Waals surface area contributed by atoms with Crippen molar-refractivity contribution in [2.45, 2.75) is 61.9 Å². The van der Waals surface area contributed by atoms with Gasteiger partial charge in [-0.3, -0.25) is 4.68 Å². The van der Waals surface area contributed by atoms with E-state index in [1.165, 1.54) is 12.4 Å². The SMILES string of the molecule is C[C@H]1Cn2ncc(S(=O)(=O)C3CCCC3)c2CN1C(=O)Nc1ccnc(Cl)c1. The van der Waals surface area contributed by atoms with Crippen LogP contribution in [0.5, 0.6) is 0 Å². The molecule has 8 nitrogen and oxygen atoms in total. The minimum atomic E-state index is -3.44. The van der Waals surface area contributed by atoms with E-state index in [1.807, 2.05) is 6.92 Å². The van der Waals surface area contributed by atoms with Crippen LogP contribution in [0.15, 0.2) is 29.4 Å². The normalized spacial score (nSPS) is 20.2. The zero-order valence-corrected chi connectivity index (χ0v) is 17.1. The van der Waals surface area contributed by atoms with Gasteiger partial charge in [-0.1, -0.05) is 24.4 Å². The van der Waals surface area contributed by atoms with E-state index in [-0.39, 0.29) is 33.9 Å².